The zero-order chi connectivity index (χ0) is 22.7. The normalized spacial score (nSPS) is 13.5. The third-order valence-corrected chi connectivity index (χ3v) is 5.69. The van der Waals surface area contributed by atoms with Gasteiger partial charge in [-0.15, -0.1) is 0 Å². The van der Waals surface area contributed by atoms with Crippen molar-refractivity contribution >= 4 is 35.1 Å². The monoisotopic (exact) mass is 450 g/mol. The number of rotatable bonds is 4. The van der Waals surface area contributed by atoms with Crippen LogP contribution in [-0.4, -0.2) is 28.5 Å². The van der Waals surface area contributed by atoms with Crippen LogP contribution in [0.2, 0.25) is 5.02 Å². The highest BCUT2D eigenvalue weighted by atomic mass is 35.5. The van der Waals surface area contributed by atoms with E-state index in [1.165, 1.54) is 12.1 Å². The van der Waals surface area contributed by atoms with Crippen molar-refractivity contribution in [3.63, 3.8) is 0 Å². The quantitative estimate of drug-likeness (QED) is 0.261. The molecule has 0 aromatic heterocycles. The van der Waals surface area contributed by atoms with Gasteiger partial charge in [0.05, 0.1) is 0 Å². The minimum Gasteiger partial charge on any atom is -0.334 e. The second-order valence-corrected chi connectivity index (χ2v) is 7.95. The summed E-state index contributed by atoms with van der Waals surface area (Å²) in [5, 5.41) is 9.49. The van der Waals surface area contributed by atoms with Gasteiger partial charge in [-0.1, -0.05) is 41.9 Å². The molecule has 0 saturated carbocycles. The molecular weight excluding hydrogens is 431 g/mol. The van der Waals surface area contributed by atoms with Crippen LogP contribution in [0, 0.1) is 5.82 Å². The zero-order valence-electron chi connectivity index (χ0n) is 17.0. The van der Waals surface area contributed by atoms with Crippen LogP contribution in [0.4, 0.5) is 4.39 Å². The number of fused-ring (bicyclic) bond motifs is 1. The molecule has 5 nitrogen and oxygen atoms in total. The van der Waals surface area contributed by atoms with Gasteiger partial charge >= 0.3 is 0 Å². The topological polar surface area (TPSA) is 69.6 Å². The summed E-state index contributed by atoms with van der Waals surface area (Å²) in [6.45, 7) is 0.830. The molecular formula is C25H20ClFN2O3. The molecule has 1 aliphatic heterocycles. The van der Waals surface area contributed by atoms with Crippen molar-refractivity contribution in [2.24, 2.45) is 0 Å². The molecule has 2 N–H and O–H groups in total. The minimum atomic E-state index is -0.606. The molecule has 0 fully saturated rings. The molecule has 0 aliphatic carbocycles. The van der Waals surface area contributed by atoms with E-state index in [4.69, 9.17) is 16.8 Å². The smallest absolute Gasteiger partial charge is 0.274 e. The zero-order valence-corrected chi connectivity index (χ0v) is 17.8. The molecule has 0 saturated heterocycles. The first kappa shape index (κ1) is 21.7. The van der Waals surface area contributed by atoms with Gasteiger partial charge < -0.3 is 4.90 Å². The first-order valence-corrected chi connectivity index (χ1v) is 10.4. The summed E-state index contributed by atoms with van der Waals surface area (Å²) in [5.74, 6) is -1.19. The average Bonchev–Trinajstić information content (AvgIpc) is 2.82. The molecule has 3 aromatic rings. The number of hydrogen-bond donors (Lipinski definition) is 2. The summed E-state index contributed by atoms with van der Waals surface area (Å²) in [7, 11) is 0. The summed E-state index contributed by atoms with van der Waals surface area (Å²) in [6, 6.07) is 18.1. The standard InChI is InChI=1S/C25H20ClFN2O3/c26-21-7-1-16(2-8-21)13-23(18-5-9-22(27)10-6-18)25(31)29-12-11-17-3-4-19(24(30)28-32)14-20(17)15-29/h1-10,13-14,32H,11-12,15H2,(H,28,30)/b23-13+. The Kier molecular flexibility index (Phi) is 6.35. The Bertz CT molecular complexity index is 1190. The highest BCUT2D eigenvalue weighted by Gasteiger charge is 2.25. The van der Waals surface area contributed by atoms with E-state index in [1.807, 2.05) is 18.2 Å². The third kappa shape index (κ3) is 4.72. The average molecular weight is 451 g/mol. The van der Waals surface area contributed by atoms with E-state index < -0.39 is 5.91 Å². The molecule has 4 rings (SSSR count). The molecule has 0 radical (unpaired) electrons. The number of hydrogen-bond acceptors (Lipinski definition) is 3. The molecule has 0 spiro atoms. The van der Waals surface area contributed by atoms with Crippen molar-refractivity contribution in [2.45, 2.75) is 13.0 Å². The Hall–Kier alpha value is -3.48. The summed E-state index contributed by atoms with van der Waals surface area (Å²) >= 11 is 5.98. The van der Waals surface area contributed by atoms with Crippen LogP contribution in [0.5, 0.6) is 0 Å². The molecule has 3 aromatic carbocycles. The second-order valence-electron chi connectivity index (χ2n) is 7.52. The van der Waals surface area contributed by atoms with E-state index in [9.17, 15) is 14.0 Å². The minimum absolute atomic E-state index is 0.200. The first-order valence-electron chi connectivity index (χ1n) is 10.0. The number of nitrogens with zero attached hydrogens (tertiary/aromatic N) is 1. The van der Waals surface area contributed by atoms with Crippen LogP contribution >= 0.6 is 11.6 Å². The van der Waals surface area contributed by atoms with E-state index in [2.05, 4.69) is 0 Å². The van der Waals surface area contributed by atoms with E-state index in [-0.39, 0.29) is 11.7 Å². The van der Waals surface area contributed by atoms with Gasteiger partial charge in [-0.25, -0.2) is 9.87 Å². The van der Waals surface area contributed by atoms with Crippen molar-refractivity contribution in [1.29, 1.82) is 0 Å². The maximum absolute atomic E-state index is 13.6. The molecule has 1 heterocycles. The lowest BCUT2D eigenvalue weighted by atomic mass is 9.95. The fraction of sp³-hybridized carbons (Fsp3) is 0.120. The maximum atomic E-state index is 13.6. The Morgan fingerprint density at radius 3 is 2.34 bits per heavy atom. The highest BCUT2D eigenvalue weighted by Crippen LogP contribution is 2.27. The number of nitrogens with one attached hydrogen (secondary N) is 1. The van der Waals surface area contributed by atoms with Crippen molar-refractivity contribution < 1.29 is 19.2 Å². The van der Waals surface area contributed by atoms with Gasteiger partial charge in [0, 0.05) is 29.2 Å². The molecule has 2 amide bonds. The summed E-state index contributed by atoms with van der Waals surface area (Å²) in [5.41, 5.74) is 5.66. The third-order valence-electron chi connectivity index (χ3n) is 5.44. The van der Waals surface area contributed by atoms with Gasteiger partial charge in [-0.2, -0.15) is 0 Å². The van der Waals surface area contributed by atoms with Gasteiger partial charge in [0.15, 0.2) is 0 Å². The van der Waals surface area contributed by atoms with E-state index in [0.717, 1.165) is 16.7 Å². The lowest BCUT2D eigenvalue weighted by Gasteiger charge is -2.30. The second kappa shape index (κ2) is 9.34. The van der Waals surface area contributed by atoms with Crippen LogP contribution in [0.3, 0.4) is 0 Å². The molecule has 162 valence electrons. The van der Waals surface area contributed by atoms with Gasteiger partial charge in [-0.3, -0.25) is 14.8 Å². The molecule has 0 unspecified atom stereocenters. The van der Waals surface area contributed by atoms with E-state index in [1.54, 1.807) is 52.9 Å². The lowest BCUT2D eigenvalue weighted by molar-refractivity contribution is -0.125. The number of carbonyl (C=O) groups excluding carboxylic acids is 2. The summed E-state index contributed by atoms with van der Waals surface area (Å²) < 4.78 is 13.5. The maximum Gasteiger partial charge on any atom is 0.274 e. The van der Waals surface area contributed by atoms with Crippen LogP contribution in [0.25, 0.3) is 11.6 Å². The lowest BCUT2D eigenvalue weighted by Crippen LogP contribution is -2.36. The predicted octanol–water partition coefficient (Wildman–Crippen LogP) is 4.72. The number of carbonyl (C=O) groups is 2. The molecule has 32 heavy (non-hydrogen) atoms. The fourth-order valence-electron chi connectivity index (χ4n) is 3.73. The van der Waals surface area contributed by atoms with Gasteiger partial charge in [0.25, 0.3) is 11.8 Å². The Morgan fingerprint density at radius 2 is 1.66 bits per heavy atom. The van der Waals surface area contributed by atoms with Crippen molar-refractivity contribution in [1.82, 2.24) is 10.4 Å². The Balaban J connectivity index is 1.68. The summed E-state index contributed by atoms with van der Waals surface area (Å²) in [6.07, 6.45) is 2.40. The fourth-order valence-corrected chi connectivity index (χ4v) is 3.86. The van der Waals surface area contributed by atoms with E-state index in [0.29, 0.717) is 41.2 Å². The molecule has 1 aliphatic rings. The van der Waals surface area contributed by atoms with Crippen molar-refractivity contribution in [2.75, 3.05) is 6.54 Å². The number of benzene rings is 3. The van der Waals surface area contributed by atoms with E-state index >= 15 is 0 Å². The largest absolute Gasteiger partial charge is 0.334 e. The van der Waals surface area contributed by atoms with Gasteiger partial charge in [0.2, 0.25) is 0 Å². The molecule has 0 bridgehead atoms. The summed E-state index contributed by atoms with van der Waals surface area (Å²) in [4.78, 5) is 27.0. The van der Waals surface area contributed by atoms with Crippen LogP contribution in [0.15, 0.2) is 66.7 Å². The van der Waals surface area contributed by atoms with Crippen LogP contribution in [0.1, 0.15) is 32.6 Å². The van der Waals surface area contributed by atoms with Crippen LogP contribution < -0.4 is 5.48 Å². The highest BCUT2D eigenvalue weighted by molar-refractivity contribution is 6.30. The van der Waals surface area contributed by atoms with Gasteiger partial charge in [-0.05, 0) is 71.1 Å². The van der Waals surface area contributed by atoms with Gasteiger partial charge in [0.1, 0.15) is 5.82 Å². The van der Waals surface area contributed by atoms with Crippen LogP contribution in [-0.2, 0) is 17.8 Å². The Morgan fingerprint density at radius 1 is 0.969 bits per heavy atom. The molecule has 7 heteroatoms. The van der Waals surface area contributed by atoms with Crippen molar-refractivity contribution in [3.8, 4) is 0 Å². The Labute approximate surface area is 189 Å². The predicted molar refractivity (Wildman–Crippen MR) is 121 cm³/mol. The van der Waals surface area contributed by atoms with Crippen molar-refractivity contribution in [3.05, 3.63) is 105 Å². The molecule has 0 atom stereocenters. The SMILES string of the molecule is O=C(NO)c1ccc2c(c1)CN(C(=O)/C(=C/c1ccc(Cl)cc1)c1ccc(F)cc1)CC2. The number of amides is 2. The first-order chi connectivity index (χ1) is 15.4. The number of halogens is 2. The number of hydroxylamine groups is 1.